The van der Waals surface area contributed by atoms with Crippen LogP contribution in [0.5, 0.6) is 0 Å². The van der Waals surface area contributed by atoms with E-state index >= 15 is 0 Å². The van der Waals surface area contributed by atoms with Gasteiger partial charge in [0.05, 0.1) is 0 Å². The maximum absolute atomic E-state index is 10.2. The molecule has 0 N–H and O–H groups in total. The van der Waals surface area contributed by atoms with Crippen molar-refractivity contribution in [2.75, 3.05) is 0 Å². The largest absolute Gasteiger partial charge is 0.288 e. The lowest BCUT2D eigenvalue weighted by molar-refractivity contribution is -0.110. The fourth-order valence-electron chi connectivity index (χ4n) is 0.489. The average molecular weight is 162 g/mol. The number of hydrogen-bond donors (Lipinski definition) is 1. The van der Waals surface area contributed by atoms with Gasteiger partial charge >= 0.3 is 0 Å². The molecule has 0 atom stereocenters. The zero-order valence-electron chi connectivity index (χ0n) is 5.39. The summed E-state index contributed by atoms with van der Waals surface area (Å²) in [6.07, 6.45) is 2.25. The Bertz CT molecular complexity index is 106. The highest BCUT2D eigenvalue weighted by Gasteiger charge is 1.93. The molecule has 0 aliphatic heterocycles. The van der Waals surface area contributed by atoms with E-state index in [1.165, 1.54) is 0 Å². The van der Waals surface area contributed by atoms with Crippen LogP contribution in [0.4, 0.5) is 0 Å². The second kappa shape index (κ2) is 4.94. The Labute approximate surface area is 66.2 Å². The normalized spacial score (nSPS) is 9.11. The zero-order chi connectivity index (χ0) is 7.28. The van der Waals surface area contributed by atoms with Crippen molar-refractivity contribution >= 4 is 34.8 Å². The van der Waals surface area contributed by atoms with Gasteiger partial charge in [0.1, 0.15) is 0 Å². The number of rotatable bonds is 4. The molecule has 9 heavy (non-hydrogen) atoms. The van der Waals surface area contributed by atoms with E-state index < -0.39 is 0 Å². The van der Waals surface area contributed by atoms with Gasteiger partial charge in [-0.3, -0.25) is 4.79 Å². The van der Waals surface area contributed by atoms with E-state index in [9.17, 15) is 4.79 Å². The summed E-state index contributed by atoms with van der Waals surface area (Å²) in [5.41, 5.74) is 0. The van der Waals surface area contributed by atoms with Crippen LogP contribution in [0.25, 0.3) is 0 Å². The molecule has 1 nitrogen and oxygen atoms in total. The highest BCUT2D eigenvalue weighted by molar-refractivity contribution is 7.96. The fourth-order valence-corrected chi connectivity index (χ4v) is 0.791. The summed E-state index contributed by atoms with van der Waals surface area (Å²) in [6, 6.07) is 0. The van der Waals surface area contributed by atoms with Crippen molar-refractivity contribution in [2.45, 2.75) is 26.2 Å². The van der Waals surface area contributed by atoms with Crippen molar-refractivity contribution in [3.05, 3.63) is 0 Å². The first-order chi connectivity index (χ1) is 4.13. The van der Waals surface area contributed by atoms with Crippen LogP contribution >= 0.6 is 24.8 Å². The third-order valence-corrected chi connectivity index (χ3v) is 1.35. The van der Waals surface area contributed by atoms with Gasteiger partial charge in [0.15, 0.2) is 5.12 Å². The van der Waals surface area contributed by atoms with Crippen LogP contribution in [-0.2, 0) is 4.79 Å². The molecule has 0 heterocycles. The van der Waals surface area contributed by atoms with Gasteiger partial charge in [-0.25, -0.2) is 0 Å². The van der Waals surface area contributed by atoms with Crippen LogP contribution in [0.3, 0.4) is 0 Å². The number of hydrogen-bond acceptors (Lipinski definition) is 2. The Hall–Kier alpha value is 0.110. The lowest BCUT2D eigenvalue weighted by Crippen LogP contribution is -1.90. The standard InChI is InChI=1S/C6H10OS2/c1-5(8)3-2-4-6(7)9/h2-4H2,1H3,(H,7,9). The Morgan fingerprint density at radius 1 is 1.56 bits per heavy atom. The van der Waals surface area contributed by atoms with E-state index in [0.29, 0.717) is 6.42 Å². The Morgan fingerprint density at radius 2 is 2.11 bits per heavy atom. The van der Waals surface area contributed by atoms with Crippen LogP contribution in [0, 0.1) is 0 Å². The van der Waals surface area contributed by atoms with Crippen molar-refractivity contribution in [1.29, 1.82) is 0 Å². The summed E-state index contributed by atoms with van der Waals surface area (Å²) in [5.74, 6) is 0. The average Bonchev–Trinajstić information content (AvgIpc) is 1.63. The highest BCUT2D eigenvalue weighted by atomic mass is 32.1. The minimum atomic E-state index is -0.0498. The third kappa shape index (κ3) is 8.11. The summed E-state index contributed by atoms with van der Waals surface area (Å²) in [7, 11) is 0. The van der Waals surface area contributed by atoms with E-state index in [0.717, 1.165) is 17.7 Å². The van der Waals surface area contributed by atoms with Crippen molar-refractivity contribution in [2.24, 2.45) is 0 Å². The Balaban J connectivity index is 3.10. The number of thiocarbonyl (C=S) groups is 1. The number of thiol groups is 1. The first kappa shape index (κ1) is 9.11. The molecule has 0 aromatic rings. The summed E-state index contributed by atoms with van der Waals surface area (Å²) >= 11 is 8.43. The molecule has 0 aromatic heterocycles. The molecule has 0 spiro atoms. The first-order valence-electron chi connectivity index (χ1n) is 2.84. The Kier molecular flexibility index (Phi) is 5.00. The van der Waals surface area contributed by atoms with Gasteiger partial charge in [-0.1, -0.05) is 12.2 Å². The van der Waals surface area contributed by atoms with E-state index in [-0.39, 0.29) is 5.12 Å². The zero-order valence-corrected chi connectivity index (χ0v) is 7.10. The molecule has 3 heteroatoms. The van der Waals surface area contributed by atoms with Crippen molar-refractivity contribution in [1.82, 2.24) is 0 Å². The molecule has 52 valence electrons. The van der Waals surface area contributed by atoms with Crippen LogP contribution in [-0.4, -0.2) is 9.98 Å². The maximum atomic E-state index is 10.2. The highest BCUT2D eigenvalue weighted by Crippen LogP contribution is 1.99. The van der Waals surface area contributed by atoms with Crippen LogP contribution in [0.1, 0.15) is 26.2 Å². The molecule has 0 aliphatic rings. The molecule has 0 radical (unpaired) electrons. The van der Waals surface area contributed by atoms with Crippen molar-refractivity contribution in [3.8, 4) is 0 Å². The monoisotopic (exact) mass is 162 g/mol. The minimum Gasteiger partial charge on any atom is -0.288 e. The van der Waals surface area contributed by atoms with Crippen molar-refractivity contribution in [3.63, 3.8) is 0 Å². The van der Waals surface area contributed by atoms with Gasteiger partial charge in [0, 0.05) is 6.42 Å². The number of carbonyl (C=O) groups is 1. The second-order valence-corrected chi connectivity index (χ2v) is 3.15. The van der Waals surface area contributed by atoms with Gasteiger partial charge in [0.2, 0.25) is 0 Å². The van der Waals surface area contributed by atoms with E-state index in [2.05, 4.69) is 12.6 Å². The summed E-state index contributed by atoms with van der Waals surface area (Å²) < 4.78 is 0. The molecule has 0 amide bonds. The molecular weight excluding hydrogens is 152 g/mol. The first-order valence-corrected chi connectivity index (χ1v) is 3.69. The second-order valence-electron chi connectivity index (χ2n) is 1.95. The van der Waals surface area contributed by atoms with E-state index in [1.807, 2.05) is 6.92 Å². The minimum absolute atomic E-state index is 0.0498. The molecule has 0 unspecified atom stereocenters. The Morgan fingerprint density at radius 3 is 2.44 bits per heavy atom. The molecule has 0 rings (SSSR count). The predicted octanol–water partition coefficient (Wildman–Crippen LogP) is 2.00. The van der Waals surface area contributed by atoms with Crippen LogP contribution < -0.4 is 0 Å². The van der Waals surface area contributed by atoms with Gasteiger partial charge in [-0.15, -0.1) is 12.6 Å². The molecule has 0 saturated carbocycles. The topological polar surface area (TPSA) is 17.1 Å². The molecular formula is C6H10OS2. The van der Waals surface area contributed by atoms with E-state index in [4.69, 9.17) is 12.2 Å². The molecule has 0 bridgehead atoms. The predicted molar refractivity (Wildman–Crippen MR) is 46.1 cm³/mol. The van der Waals surface area contributed by atoms with Gasteiger partial charge in [0.25, 0.3) is 0 Å². The lowest BCUT2D eigenvalue weighted by Gasteiger charge is -1.92. The maximum Gasteiger partial charge on any atom is 0.185 e. The van der Waals surface area contributed by atoms with Gasteiger partial charge in [-0.05, 0) is 24.6 Å². The third-order valence-electron chi connectivity index (χ3n) is 0.919. The summed E-state index contributed by atoms with van der Waals surface area (Å²) in [4.78, 5) is 11.2. The molecule has 0 aromatic carbocycles. The van der Waals surface area contributed by atoms with Gasteiger partial charge in [-0.2, -0.15) is 0 Å². The lowest BCUT2D eigenvalue weighted by atomic mass is 10.2. The summed E-state index contributed by atoms with van der Waals surface area (Å²) in [6.45, 7) is 1.89. The van der Waals surface area contributed by atoms with Crippen LogP contribution in [0.2, 0.25) is 0 Å². The number of carbonyl (C=O) groups excluding carboxylic acids is 1. The smallest absolute Gasteiger partial charge is 0.185 e. The van der Waals surface area contributed by atoms with Gasteiger partial charge < -0.3 is 0 Å². The van der Waals surface area contributed by atoms with Crippen molar-refractivity contribution < 1.29 is 4.79 Å². The van der Waals surface area contributed by atoms with E-state index in [1.54, 1.807) is 0 Å². The SMILES string of the molecule is CC(=S)CCCC(=O)S. The summed E-state index contributed by atoms with van der Waals surface area (Å²) in [5, 5.41) is -0.0498. The van der Waals surface area contributed by atoms with Crippen LogP contribution in [0.15, 0.2) is 0 Å². The molecule has 0 aliphatic carbocycles. The molecule has 0 fully saturated rings. The molecule has 0 saturated heterocycles. The quantitative estimate of drug-likeness (QED) is 0.503. The fraction of sp³-hybridized carbons (Fsp3) is 0.667.